The molecule has 0 unspecified atom stereocenters. The van der Waals surface area contributed by atoms with Crippen LogP contribution in [0.3, 0.4) is 0 Å². The van der Waals surface area contributed by atoms with Crippen molar-refractivity contribution in [3.8, 4) is 45.5 Å². The van der Waals surface area contributed by atoms with E-state index in [0.29, 0.717) is 16.7 Å². The maximum atomic E-state index is 10.6. The molecule has 55 heavy (non-hydrogen) atoms. The van der Waals surface area contributed by atoms with E-state index in [0.717, 1.165) is 44.9 Å². The molecule has 4 nitrogen and oxygen atoms in total. The number of benzene rings is 7. The van der Waals surface area contributed by atoms with Gasteiger partial charge in [0, 0.05) is 44.2 Å². The summed E-state index contributed by atoms with van der Waals surface area (Å²) in [6.45, 7) is 4.17. The van der Waals surface area contributed by atoms with E-state index in [2.05, 4.69) is 168 Å². The van der Waals surface area contributed by atoms with Gasteiger partial charge in [-0.3, -0.25) is 4.40 Å². The van der Waals surface area contributed by atoms with Crippen LogP contribution in [0.2, 0.25) is 0 Å². The van der Waals surface area contributed by atoms with Crippen molar-refractivity contribution in [3.05, 3.63) is 179 Å². The molecule has 10 aromatic rings. The molecule has 0 radical (unpaired) electrons. The van der Waals surface area contributed by atoms with Gasteiger partial charge in [-0.05, 0) is 126 Å². The molecule has 0 aliphatic rings. The summed E-state index contributed by atoms with van der Waals surface area (Å²) >= 11 is 1.78. The number of aromatic nitrogens is 1. The van der Waals surface area contributed by atoms with Crippen LogP contribution in [0.4, 0.5) is 17.1 Å². The van der Waals surface area contributed by atoms with E-state index >= 15 is 0 Å². The van der Waals surface area contributed by atoms with E-state index in [1.54, 1.807) is 11.3 Å². The number of hydrogen-bond donors (Lipinski definition) is 0. The summed E-state index contributed by atoms with van der Waals surface area (Å²) < 4.78 is 2.41. The van der Waals surface area contributed by atoms with Gasteiger partial charge in [-0.1, -0.05) is 83.9 Å². The third-order valence-electron chi connectivity index (χ3n) is 10.8. The van der Waals surface area contributed by atoms with E-state index in [1.165, 1.54) is 48.5 Å². The molecule has 0 atom stereocenters. The van der Waals surface area contributed by atoms with Crippen molar-refractivity contribution < 1.29 is 0 Å². The predicted octanol–water partition coefficient (Wildman–Crippen LogP) is 13.7. The molecular weight excluding hydrogens is 689 g/mol. The van der Waals surface area contributed by atoms with E-state index in [4.69, 9.17) is 0 Å². The van der Waals surface area contributed by atoms with Crippen LogP contribution in [0.5, 0.6) is 0 Å². The molecule has 0 aliphatic heterocycles. The van der Waals surface area contributed by atoms with Gasteiger partial charge in [0.1, 0.15) is 4.83 Å². The number of nitriles is 2. The summed E-state index contributed by atoms with van der Waals surface area (Å²) in [4.78, 5) is 3.48. The van der Waals surface area contributed by atoms with Gasteiger partial charge in [0.05, 0.1) is 34.3 Å². The van der Waals surface area contributed by atoms with Crippen molar-refractivity contribution >= 4 is 65.8 Å². The number of para-hydroxylation sites is 1. The molecule has 5 heteroatoms. The summed E-state index contributed by atoms with van der Waals surface area (Å²) in [5, 5.41) is 28.4. The normalized spacial score (nSPS) is 11.4. The van der Waals surface area contributed by atoms with E-state index < -0.39 is 0 Å². The van der Waals surface area contributed by atoms with Crippen molar-refractivity contribution in [1.82, 2.24) is 4.40 Å². The highest BCUT2D eigenvalue weighted by Gasteiger charge is 2.21. The van der Waals surface area contributed by atoms with Crippen molar-refractivity contribution in [2.24, 2.45) is 0 Å². The first-order valence-electron chi connectivity index (χ1n) is 18.3. The molecule has 7 aromatic carbocycles. The number of fused-ring (bicyclic) bond motifs is 6. The van der Waals surface area contributed by atoms with Crippen molar-refractivity contribution in [2.45, 2.75) is 13.8 Å². The first kappa shape index (κ1) is 32.5. The lowest BCUT2D eigenvalue weighted by Crippen LogP contribution is -2.10. The number of aryl methyl sites for hydroxylation is 2. The Morgan fingerprint density at radius 1 is 0.491 bits per heavy atom. The fourth-order valence-electron chi connectivity index (χ4n) is 8.17. The van der Waals surface area contributed by atoms with E-state index in [9.17, 15) is 10.5 Å². The molecule has 0 aliphatic carbocycles. The summed E-state index contributed by atoms with van der Waals surface area (Å²) in [5.74, 6) is 0. The lowest BCUT2D eigenvalue weighted by Gasteiger charge is -2.26. The fourth-order valence-corrected chi connectivity index (χ4v) is 9.10. The second-order valence-corrected chi connectivity index (χ2v) is 15.1. The Labute approximate surface area is 323 Å². The third-order valence-corrected chi connectivity index (χ3v) is 11.7. The van der Waals surface area contributed by atoms with Crippen LogP contribution >= 0.6 is 11.3 Å². The number of rotatable bonds is 6. The van der Waals surface area contributed by atoms with Gasteiger partial charge in [0.2, 0.25) is 0 Å². The SMILES string of the molecule is Cc1ccc(N(c2ccc(C)cc2)c2cccc(-c3c(C#N)cc(-c4cccc(-c5cc6c7ccccc7n7c8sccc8c(c5)c67)c4)cc3C#N)c2)cc1. The maximum Gasteiger partial charge on any atom is 0.108 e. The minimum Gasteiger partial charge on any atom is -0.310 e. The van der Waals surface area contributed by atoms with Gasteiger partial charge in [-0.25, -0.2) is 0 Å². The zero-order chi connectivity index (χ0) is 37.2. The highest BCUT2D eigenvalue weighted by molar-refractivity contribution is 7.17. The smallest absolute Gasteiger partial charge is 0.108 e. The number of anilines is 3. The minimum atomic E-state index is 0.459. The first-order valence-corrected chi connectivity index (χ1v) is 19.2. The summed E-state index contributed by atoms with van der Waals surface area (Å²) in [5.41, 5.74) is 14.2. The molecule has 258 valence electrons. The molecular formula is C50H32N4S. The summed E-state index contributed by atoms with van der Waals surface area (Å²) in [7, 11) is 0. The van der Waals surface area contributed by atoms with E-state index in [1.807, 2.05) is 24.3 Å². The topological polar surface area (TPSA) is 55.2 Å². The first-order chi connectivity index (χ1) is 27.0. The lowest BCUT2D eigenvalue weighted by molar-refractivity contribution is 1.27. The monoisotopic (exact) mass is 720 g/mol. The van der Waals surface area contributed by atoms with Gasteiger partial charge in [-0.2, -0.15) is 10.5 Å². The van der Waals surface area contributed by atoms with E-state index in [-0.39, 0.29) is 0 Å². The fraction of sp³-hybridized carbons (Fsp3) is 0.0400. The highest BCUT2D eigenvalue weighted by atomic mass is 32.1. The third kappa shape index (κ3) is 5.25. The predicted molar refractivity (Wildman–Crippen MR) is 229 cm³/mol. The van der Waals surface area contributed by atoms with Crippen LogP contribution in [0.25, 0.3) is 70.8 Å². The minimum absolute atomic E-state index is 0.459. The zero-order valence-corrected chi connectivity index (χ0v) is 31.0. The van der Waals surface area contributed by atoms with Crippen LogP contribution in [-0.2, 0) is 0 Å². The van der Waals surface area contributed by atoms with Crippen LogP contribution in [-0.4, -0.2) is 4.40 Å². The Bertz CT molecular complexity index is 3110. The van der Waals surface area contributed by atoms with Gasteiger partial charge in [0.25, 0.3) is 0 Å². The van der Waals surface area contributed by atoms with Gasteiger partial charge < -0.3 is 4.90 Å². The Kier molecular flexibility index (Phi) is 7.52. The quantitative estimate of drug-likeness (QED) is 0.172. The average molecular weight is 721 g/mol. The Balaban J connectivity index is 1.08. The molecule has 0 N–H and O–H groups in total. The van der Waals surface area contributed by atoms with Crippen LogP contribution < -0.4 is 4.90 Å². The van der Waals surface area contributed by atoms with Crippen LogP contribution in [0.15, 0.2) is 157 Å². The van der Waals surface area contributed by atoms with Gasteiger partial charge in [0.15, 0.2) is 0 Å². The molecule has 0 saturated carbocycles. The Morgan fingerprint density at radius 2 is 1.07 bits per heavy atom. The number of thiophene rings is 1. The molecule has 0 bridgehead atoms. The summed E-state index contributed by atoms with van der Waals surface area (Å²) in [6.07, 6.45) is 0. The second kappa shape index (κ2) is 12.7. The largest absolute Gasteiger partial charge is 0.310 e. The molecule has 0 spiro atoms. The maximum absolute atomic E-state index is 10.6. The average Bonchev–Trinajstić information content (AvgIpc) is 3.92. The standard InChI is InChI=1S/C50H32N4S/c1-31-13-17-40(18-14-31)53(41-19-15-32(2)16-20-41)42-10-6-9-35(26-42)48-38(29-51)24-36(25-39(48)30-52)33-7-5-8-34(23-33)37-27-45-43-11-3-4-12-47(43)54-49(45)46(28-37)44-21-22-55-50(44)54/h3-28H,1-2H3. The van der Waals surface area contributed by atoms with Gasteiger partial charge >= 0.3 is 0 Å². The zero-order valence-electron chi connectivity index (χ0n) is 30.2. The van der Waals surface area contributed by atoms with Crippen molar-refractivity contribution in [2.75, 3.05) is 4.90 Å². The Hall–Kier alpha value is -7.18. The Morgan fingerprint density at radius 3 is 1.73 bits per heavy atom. The van der Waals surface area contributed by atoms with Gasteiger partial charge in [-0.15, -0.1) is 11.3 Å². The lowest BCUT2D eigenvalue weighted by atomic mass is 9.90. The summed E-state index contributed by atoms with van der Waals surface area (Å²) in [6, 6.07) is 57.7. The number of nitrogens with zero attached hydrogens (tertiary/aromatic N) is 4. The van der Waals surface area contributed by atoms with Crippen molar-refractivity contribution in [1.29, 1.82) is 10.5 Å². The molecule has 0 amide bonds. The van der Waals surface area contributed by atoms with Crippen LogP contribution in [0, 0.1) is 36.5 Å². The highest BCUT2D eigenvalue weighted by Crippen LogP contribution is 2.44. The second-order valence-electron chi connectivity index (χ2n) is 14.2. The molecule has 3 heterocycles. The molecule has 10 rings (SSSR count). The number of hydrogen-bond acceptors (Lipinski definition) is 4. The molecule has 0 fully saturated rings. The van der Waals surface area contributed by atoms with Crippen LogP contribution in [0.1, 0.15) is 22.3 Å². The van der Waals surface area contributed by atoms with Crippen molar-refractivity contribution in [3.63, 3.8) is 0 Å². The molecule has 0 saturated heterocycles. The molecule has 3 aromatic heterocycles.